The molecule has 0 unspecified atom stereocenters. The Hall–Kier alpha value is -1.41. The Labute approximate surface area is 139 Å². The van der Waals surface area contributed by atoms with E-state index in [9.17, 15) is 9.18 Å². The molecule has 0 bridgehead atoms. The van der Waals surface area contributed by atoms with Crippen LogP contribution in [0.3, 0.4) is 0 Å². The molecule has 0 aliphatic carbocycles. The molecule has 0 radical (unpaired) electrons. The number of hydrogen-bond acceptors (Lipinski definition) is 4. The van der Waals surface area contributed by atoms with Gasteiger partial charge in [-0.25, -0.2) is 9.37 Å². The first-order valence-corrected chi connectivity index (χ1v) is 6.38. The molecule has 22 heavy (non-hydrogen) atoms. The van der Waals surface area contributed by atoms with E-state index in [0.717, 1.165) is 5.82 Å². The number of halogens is 3. The predicted octanol–water partition coefficient (Wildman–Crippen LogP) is 0.914. The number of amides is 1. The highest BCUT2D eigenvalue weighted by molar-refractivity contribution is 5.85. The molecule has 0 aliphatic rings. The lowest BCUT2D eigenvalue weighted by molar-refractivity contribution is -0.123. The third kappa shape index (κ3) is 5.42. The number of rotatable bonds is 6. The van der Waals surface area contributed by atoms with Gasteiger partial charge in [-0.05, 0) is 24.6 Å². The molecule has 9 heteroatoms. The molecular formula is C13H19Cl2FN4O2. The summed E-state index contributed by atoms with van der Waals surface area (Å²) < 4.78 is 13.0. The molecular weight excluding hydrogens is 334 g/mol. The van der Waals surface area contributed by atoms with Crippen LogP contribution in [0.1, 0.15) is 12.2 Å². The lowest BCUT2D eigenvalue weighted by Gasteiger charge is -2.08. The SMILES string of the molecule is Cl.Cl.N[C@@H](CO)C(=O)NCCCc1nc2ccc(F)cc2[nH]1. The Morgan fingerprint density at radius 2 is 2.18 bits per heavy atom. The molecule has 0 saturated carbocycles. The largest absolute Gasteiger partial charge is 0.394 e. The van der Waals surface area contributed by atoms with Crippen LogP contribution in [0.15, 0.2) is 18.2 Å². The summed E-state index contributed by atoms with van der Waals surface area (Å²) in [4.78, 5) is 18.7. The fraction of sp³-hybridized carbons (Fsp3) is 0.385. The van der Waals surface area contributed by atoms with Crippen molar-refractivity contribution in [1.82, 2.24) is 15.3 Å². The van der Waals surface area contributed by atoms with Gasteiger partial charge in [0.15, 0.2) is 0 Å². The van der Waals surface area contributed by atoms with Gasteiger partial charge in [0.1, 0.15) is 17.7 Å². The number of aliphatic hydroxyl groups is 1. The van der Waals surface area contributed by atoms with E-state index in [2.05, 4.69) is 15.3 Å². The fourth-order valence-corrected chi connectivity index (χ4v) is 1.83. The molecule has 6 nitrogen and oxygen atoms in total. The van der Waals surface area contributed by atoms with E-state index in [4.69, 9.17) is 10.8 Å². The lowest BCUT2D eigenvalue weighted by Crippen LogP contribution is -2.43. The average Bonchev–Trinajstić information content (AvgIpc) is 2.84. The molecule has 1 aromatic carbocycles. The standard InChI is InChI=1S/C13H17FN4O2.2ClH/c14-8-3-4-10-11(6-8)18-12(17-10)2-1-5-16-13(20)9(15)7-19;;/h3-4,6,9,19H,1-2,5,7,15H2,(H,16,20)(H,17,18);2*1H/t9-;;/m0../s1. The van der Waals surface area contributed by atoms with Gasteiger partial charge in [-0.15, -0.1) is 24.8 Å². The van der Waals surface area contributed by atoms with Crippen molar-refractivity contribution in [3.63, 3.8) is 0 Å². The molecule has 0 aliphatic heterocycles. The van der Waals surface area contributed by atoms with Gasteiger partial charge in [0.05, 0.1) is 17.6 Å². The molecule has 0 fully saturated rings. The van der Waals surface area contributed by atoms with Gasteiger partial charge >= 0.3 is 0 Å². The number of fused-ring (bicyclic) bond motifs is 1. The summed E-state index contributed by atoms with van der Waals surface area (Å²) in [6.07, 6.45) is 1.30. The summed E-state index contributed by atoms with van der Waals surface area (Å²) in [5, 5.41) is 11.3. The summed E-state index contributed by atoms with van der Waals surface area (Å²) >= 11 is 0. The summed E-state index contributed by atoms with van der Waals surface area (Å²) in [5.74, 6) is 0.0587. The molecule has 2 rings (SSSR count). The smallest absolute Gasteiger partial charge is 0.239 e. The number of nitrogens with two attached hydrogens (primary N) is 1. The van der Waals surface area contributed by atoms with Crippen LogP contribution in [-0.2, 0) is 11.2 Å². The van der Waals surface area contributed by atoms with E-state index < -0.39 is 6.04 Å². The van der Waals surface area contributed by atoms with Crippen molar-refractivity contribution < 1.29 is 14.3 Å². The number of carbonyl (C=O) groups excluding carboxylic acids is 1. The van der Waals surface area contributed by atoms with Crippen molar-refractivity contribution in [2.45, 2.75) is 18.9 Å². The van der Waals surface area contributed by atoms with Gasteiger partial charge in [0.2, 0.25) is 5.91 Å². The van der Waals surface area contributed by atoms with Crippen LogP contribution < -0.4 is 11.1 Å². The number of hydrogen-bond donors (Lipinski definition) is 4. The van der Waals surface area contributed by atoms with E-state index in [1.807, 2.05) is 0 Å². The monoisotopic (exact) mass is 352 g/mol. The van der Waals surface area contributed by atoms with Crippen molar-refractivity contribution >= 4 is 41.8 Å². The predicted molar refractivity (Wildman–Crippen MR) is 86.9 cm³/mol. The molecule has 0 spiro atoms. The first-order valence-electron chi connectivity index (χ1n) is 6.38. The molecule has 2 aromatic rings. The molecule has 1 atom stereocenters. The van der Waals surface area contributed by atoms with Crippen LogP contribution >= 0.6 is 24.8 Å². The summed E-state index contributed by atoms with van der Waals surface area (Å²) in [6, 6.07) is 3.49. The zero-order chi connectivity index (χ0) is 14.5. The van der Waals surface area contributed by atoms with Crippen LogP contribution in [0.4, 0.5) is 4.39 Å². The van der Waals surface area contributed by atoms with Crippen molar-refractivity contribution in [2.75, 3.05) is 13.2 Å². The van der Waals surface area contributed by atoms with Crippen LogP contribution in [0.5, 0.6) is 0 Å². The van der Waals surface area contributed by atoms with Gasteiger partial charge in [0, 0.05) is 13.0 Å². The normalized spacial score (nSPS) is 11.4. The minimum absolute atomic E-state index is 0. The van der Waals surface area contributed by atoms with Gasteiger partial charge in [-0.1, -0.05) is 0 Å². The van der Waals surface area contributed by atoms with Gasteiger partial charge in [-0.3, -0.25) is 4.79 Å². The number of aryl methyl sites for hydroxylation is 1. The summed E-state index contributed by atoms with van der Waals surface area (Å²) in [6.45, 7) is 0.0684. The first kappa shape index (κ1) is 20.6. The minimum Gasteiger partial charge on any atom is -0.394 e. The van der Waals surface area contributed by atoms with Crippen LogP contribution in [-0.4, -0.2) is 40.2 Å². The second-order valence-corrected chi connectivity index (χ2v) is 4.53. The van der Waals surface area contributed by atoms with Crippen molar-refractivity contribution in [2.24, 2.45) is 5.73 Å². The Balaban J connectivity index is 0.00000220. The Morgan fingerprint density at radius 1 is 1.45 bits per heavy atom. The quantitative estimate of drug-likeness (QED) is 0.580. The highest BCUT2D eigenvalue weighted by Crippen LogP contribution is 2.13. The number of aromatic nitrogens is 2. The van der Waals surface area contributed by atoms with Crippen LogP contribution in [0, 0.1) is 5.82 Å². The average molecular weight is 353 g/mol. The molecule has 5 N–H and O–H groups in total. The van der Waals surface area contributed by atoms with Gasteiger partial charge in [-0.2, -0.15) is 0 Å². The number of carbonyl (C=O) groups is 1. The number of benzene rings is 1. The van der Waals surface area contributed by atoms with Crippen LogP contribution in [0.25, 0.3) is 11.0 Å². The van der Waals surface area contributed by atoms with E-state index in [-0.39, 0.29) is 43.1 Å². The van der Waals surface area contributed by atoms with Crippen molar-refractivity contribution in [3.8, 4) is 0 Å². The Kier molecular flexibility index (Phi) is 8.96. The lowest BCUT2D eigenvalue weighted by atomic mass is 10.2. The maximum absolute atomic E-state index is 13.0. The molecule has 0 saturated heterocycles. The molecule has 1 amide bonds. The third-order valence-corrected chi connectivity index (χ3v) is 2.92. The number of nitrogens with zero attached hydrogens (tertiary/aromatic N) is 1. The maximum Gasteiger partial charge on any atom is 0.239 e. The van der Waals surface area contributed by atoms with E-state index in [1.165, 1.54) is 12.1 Å². The maximum atomic E-state index is 13.0. The zero-order valence-electron chi connectivity index (χ0n) is 11.7. The van der Waals surface area contributed by atoms with Gasteiger partial charge < -0.3 is 21.1 Å². The highest BCUT2D eigenvalue weighted by atomic mass is 35.5. The van der Waals surface area contributed by atoms with E-state index >= 15 is 0 Å². The summed E-state index contributed by atoms with van der Waals surface area (Å²) in [7, 11) is 0. The number of imidazole rings is 1. The van der Waals surface area contributed by atoms with E-state index in [0.29, 0.717) is 30.4 Å². The second kappa shape index (κ2) is 9.58. The van der Waals surface area contributed by atoms with Crippen LogP contribution in [0.2, 0.25) is 0 Å². The number of aliphatic hydroxyl groups excluding tert-OH is 1. The first-order chi connectivity index (χ1) is 9.60. The molecule has 124 valence electrons. The Morgan fingerprint density at radius 3 is 2.86 bits per heavy atom. The number of H-pyrrole nitrogens is 1. The third-order valence-electron chi connectivity index (χ3n) is 2.92. The number of aromatic amines is 1. The van der Waals surface area contributed by atoms with Crippen molar-refractivity contribution in [3.05, 3.63) is 29.8 Å². The Bertz CT molecular complexity index is 609. The van der Waals surface area contributed by atoms with E-state index in [1.54, 1.807) is 6.07 Å². The zero-order valence-corrected chi connectivity index (χ0v) is 13.3. The summed E-state index contributed by atoms with van der Waals surface area (Å²) in [5.41, 5.74) is 6.73. The molecule has 1 aromatic heterocycles. The second-order valence-electron chi connectivity index (χ2n) is 4.53. The molecule has 1 heterocycles. The van der Waals surface area contributed by atoms with Gasteiger partial charge in [0.25, 0.3) is 0 Å². The minimum atomic E-state index is -0.885. The fourth-order valence-electron chi connectivity index (χ4n) is 1.83. The number of nitrogens with one attached hydrogen (secondary N) is 2. The van der Waals surface area contributed by atoms with Crippen molar-refractivity contribution in [1.29, 1.82) is 0 Å². The highest BCUT2D eigenvalue weighted by Gasteiger charge is 2.10. The topological polar surface area (TPSA) is 104 Å².